The highest BCUT2D eigenvalue weighted by Crippen LogP contribution is 2.40. The fraction of sp³-hybridized carbons (Fsp3) is 0.771. The predicted molar refractivity (Wildman–Crippen MR) is 165 cm³/mol. The van der Waals surface area contributed by atoms with Crippen LogP contribution in [0.1, 0.15) is 174 Å². The second-order valence-corrected chi connectivity index (χ2v) is 13.8. The Labute approximate surface area is 240 Å². The van der Waals surface area contributed by atoms with Gasteiger partial charge in [-0.2, -0.15) is 0 Å². The van der Waals surface area contributed by atoms with Gasteiger partial charge >= 0.3 is 5.97 Å². The summed E-state index contributed by atoms with van der Waals surface area (Å²) in [6, 6.07) is 4.21. The molecule has 0 fully saturated rings. The summed E-state index contributed by atoms with van der Waals surface area (Å²) in [4.78, 5) is 23.0. The van der Waals surface area contributed by atoms with Gasteiger partial charge < -0.3 is 10.2 Å². The van der Waals surface area contributed by atoms with Crippen molar-refractivity contribution in [1.29, 1.82) is 0 Å². The normalized spacial score (nSPS) is 12.2. The van der Waals surface area contributed by atoms with Crippen LogP contribution in [0.25, 0.3) is 0 Å². The number of aliphatic carboxylic acids is 1. The van der Waals surface area contributed by atoms with Crippen LogP contribution < -0.4 is 0 Å². The number of hydrogen-bond donors (Lipinski definition) is 2. The zero-order valence-electron chi connectivity index (χ0n) is 26.3. The van der Waals surface area contributed by atoms with E-state index in [0.717, 1.165) is 48.8 Å². The summed E-state index contributed by atoms with van der Waals surface area (Å²) in [5.74, 6) is 0.0918. The summed E-state index contributed by atoms with van der Waals surface area (Å²) in [5.41, 5.74) is 2.81. The molecule has 2 N–H and O–H groups in total. The molecule has 0 bridgehead atoms. The van der Waals surface area contributed by atoms with Crippen LogP contribution in [0.4, 0.5) is 0 Å². The molecule has 0 aliphatic heterocycles. The number of ketones is 1. The van der Waals surface area contributed by atoms with Crippen LogP contribution in [-0.4, -0.2) is 22.0 Å². The smallest absolute Gasteiger partial charge is 0.303 e. The fourth-order valence-electron chi connectivity index (χ4n) is 5.29. The van der Waals surface area contributed by atoms with Crippen molar-refractivity contribution in [3.05, 3.63) is 28.8 Å². The van der Waals surface area contributed by atoms with E-state index < -0.39 is 5.97 Å². The van der Waals surface area contributed by atoms with Gasteiger partial charge in [-0.1, -0.05) is 137 Å². The number of carboxylic acids is 1. The molecule has 0 atom stereocenters. The molecule has 39 heavy (non-hydrogen) atoms. The van der Waals surface area contributed by atoms with E-state index in [1.807, 2.05) is 0 Å². The van der Waals surface area contributed by atoms with Gasteiger partial charge in [0.15, 0.2) is 0 Å². The van der Waals surface area contributed by atoms with E-state index in [0.29, 0.717) is 30.8 Å². The maximum absolute atomic E-state index is 12.5. The monoisotopic (exact) mass is 544 g/mol. The molecular formula is C35H60O4. The number of rotatable bonds is 21. The average molecular weight is 545 g/mol. The number of unbranched alkanes of at least 4 members (excludes halogenated alkanes) is 14. The fourth-order valence-corrected chi connectivity index (χ4v) is 5.29. The number of phenols is 1. The molecule has 224 valence electrons. The van der Waals surface area contributed by atoms with Crippen molar-refractivity contribution in [2.24, 2.45) is 0 Å². The minimum Gasteiger partial charge on any atom is -0.507 e. The first-order valence-electron chi connectivity index (χ1n) is 15.9. The number of carboxylic acid groups (broad SMARTS) is 1. The molecule has 4 nitrogen and oxygen atoms in total. The predicted octanol–water partition coefficient (Wildman–Crippen LogP) is 10.2. The van der Waals surface area contributed by atoms with Gasteiger partial charge in [-0.15, -0.1) is 0 Å². The van der Waals surface area contributed by atoms with Crippen LogP contribution in [0.2, 0.25) is 0 Å². The number of carbonyl (C=O) groups excluding carboxylic acids is 1. The molecule has 0 amide bonds. The van der Waals surface area contributed by atoms with Crippen molar-refractivity contribution >= 4 is 11.8 Å². The Balaban J connectivity index is 2.11. The van der Waals surface area contributed by atoms with E-state index in [4.69, 9.17) is 5.11 Å². The first-order valence-corrected chi connectivity index (χ1v) is 15.9. The molecule has 0 spiro atoms. The van der Waals surface area contributed by atoms with E-state index in [-0.39, 0.29) is 10.8 Å². The third kappa shape index (κ3) is 16.1. The summed E-state index contributed by atoms with van der Waals surface area (Å²) in [5, 5.41) is 19.5. The molecule has 0 radical (unpaired) electrons. The van der Waals surface area contributed by atoms with Crippen molar-refractivity contribution in [2.45, 2.75) is 174 Å². The SMILES string of the molecule is CC(C)(C)c1cc(CCC(=O)CCCCCCCCCCCCCCCCCC(=O)O)cc(C(C)(C)C)c1O. The van der Waals surface area contributed by atoms with Gasteiger partial charge in [0.2, 0.25) is 0 Å². The molecule has 1 aromatic rings. The number of aryl methyl sites for hydroxylation is 1. The van der Waals surface area contributed by atoms with Gasteiger partial charge in [-0.25, -0.2) is 0 Å². The number of aromatic hydroxyl groups is 1. The third-order valence-electron chi connectivity index (χ3n) is 7.82. The molecule has 0 aliphatic carbocycles. The lowest BCUT2D eigenvalue weighted by molar-refractivity contribution is -0.137. The van der Waals surface area contributed by atoms with Crippen LogP contribution in [0.3, 0.4) is 0 Å². The highest BCUT2D eigenvalue weighted by molar-refractivity contribution is 5.78. The van der Waals surface area contributed by atoms with Crippen LogP contribution in [0.15, 0.2) is 12.1 Å². The van der Waals surface area contributed by atoms with Crippen molar-refractivity contribution in [3.8, 4) is 5.75 Å². The van der Waals surface area contributed by atoms with Crippen LogP contribution in [-0.2, 0) is 26.8 Å². The summed E-state index contributed by atoms with van der Waals surface area (Å²) in [6.45, 7) is 12.8. The van der Waals surface area contributed by atoms with E-state index >= 15 is 0 Å². The van der Waals surface area contributed by atoms with Crippen molar-refractivity contribution < 1.29 is 19.8 Å². The Morgan fingerprint density at radius 3 is 1.23 bits per heavy atom. The second kappa shape index (κ2) is 18.5. The average Bonchev–Trinajstić information content (AvgIpc) is 2.83. The maximum atomic E-state index is 12.5. The Hall–Kier alpha value is -1.84. The van der Waals surface area contributed by atoms with Gasteiger partial charge in [0, 0.05) is 19.3 Å². The minimum atomic E-state index is -0.673. The third-order valence-corrected chi connectivity index (χ3v) is 7.82. The number of hydrogen-bond acceptors (Lipinski definition) is 3. The molecule has 0 saturated carbocycles. The topological polar surface area (TPSA) is 74.6 Å². The molecular weight excluding hydrogens is 484 g/mol. The van der Waals surface area contributed by atoms with Gasteiger partial charge in [0.25, 0.3) is 0 Å². The molecule has 1 rings (SSSR count). The van der Waals surface area contributed by atoms with Crippen LogP contribution >= 0.6 is 0 Å². The molecule has 1 aromatic carbocycles. The standard InChI is InChI=1S/C35H60O4/c1-34(2,3)30-26-28(27-31(33(30)39)35(4,5)6)24-25-29(36)22-20-18-16-14-12-10-8-7-9-11-13-15-17-19-21-23-32(37)38/h26-27,39H,7-25H2,1-6H3,(H,37,38). The molecule has 0 aromatic heterocycles. The van der Waals surface area contributed by atoms with Crippen molar-refractivity contribution in [1.82, 2.24) is 0 Å². The summed E-state index contributed by atoms with van der Waals surface area (Å²) in [6.07, 6.45) is 20.6. The highest BCUT2D eigenvalue weighted by atomic mass is 16.4. The lowest BCUT2D eigenvalue weighted by Crippen LogP contribution is -2.18. The number of Topliss-reactive ketones (excluding diaryl/α,β-unsaturated/α-hetero) is 1. The lowest BCUT2D eigenvalue weighted by Gasteiger charge is -2.28. The first kappa shape index (κ1) is 35.2. The summed E-state index contributed by atoms with van der Waals surface area (Å²) < 4.78 is 0. The van der Waals surface area contributed by atoms with Crippen LogP contribution in [0, 0.1) is 0 Å². The lowest BCUT2D eigenvalue weighted by atomic mass is 9.78. The molecule has 0 saturated heterocycles. The molecule has 0 unspecified atom stereocenters. The van der Waals surface area contributed by atoms with E-state index in [9.17, 15) is 14.7 Å². The number of carbonyl (C=O) groups is 2. The Morgan fingerprint density at radius 2 is 0.897 bits per heavy atom. The number of phenolic OH excluding ortho intramolecular Hbond substituents is 1. The quantitative estimate of drug-likeness (QED) is 0.151. The number of benzene rings is 1. The Morgan fingerprint density at radius 1 is 0.564 bits per heavy atom. The van der Waals surface area contributed by atoms with Crippen molar-refractivity contribution in [3.63, 3.8) is 0 Å². The highest BCUT2D eigenvalue weighted by Gasteiger charge is 2.26. The van der Waals surface area contributed by atoms with Gasteiger partial charge in [-0.05, 0) is 46.8 Å². The zero-order chi connectivity index (χ0) is 29.3. The van der Waals surface area contributed by atoms with Crippen molar-refractivity contribution in [2.75, 3.05) is 0 Å². The summed E-state index contributed by atoms with van der Waals surface area (Å²) in [7, 11) is 0. The molecule has 4 heteroatoms. The maximum Gasteiger partial charge on any atom is 0.303 e. The van der Waals surface area contributed by atoms with Gasteiger partial charge in [-0.3, -0.25) is 9.59 Å². The van der Waals surface area contributed by atoms with E-state index in [1.54, 1.807) is 0 Å². The van der Waals surface area contributed by atoms with E-state index in [1.165, 1.54) is 70.6 Å². The Bertz CT molecular complexity index is 806. The van der Waals surface area contributed by atoms with Gasteiger partial charge in [0.1, 0.15) is 11.5 Å². The first-order chi connectivity index (χ1) is 18.3. The zero-order valence-corrected chi connectivity index (χ0v) is 26.3. The van der Waals surface area contributed by atoms with Gasteiger partial charge in [0.05, 0.1) is 0 Å². The summed E-state index contributed by atoms with van der Waals surface area (Å²) >= 11 is 0. The largest absolute Gasteiger partial charge is 0.507 e. The van der Waals surface area contributed by atoms with E-state index in [2.05, 4.69) is 53.7 Å². The minimum absolute atomic E-state index is 0.142. The second-order valence-electron chi connectivity index (χ2n) is 13.8. The Kier molecular flexibility index (Phi) is 16.7. The molecule has 0 aliphatic rings. The molecule has 0 heterocycles. The van der Waals surface area contributed by atoms with Crippen LogP contribution in [0.5, 0.6) is 5.75 Å².